The molecule has 0 saturated carbocycles. The van der Waals surface area contributed by atoms with Gasteiger partial charge in [0.05, 0.1) is 0 Å². The molecule has 134 valence electrons. The van der Waals surface area contributed by atoms with Crippen LogP contribution in [-0.4, -0.2) is 63.0 Å². The van der Waals surface area contributed by atoms with Crippen molar-refractivity contribution in [3.8, 4) is 0 Å². The van der Waals surface area contributed by atoms with Gasteiger partial charge in [0.15, 0.2) is 11.3 Å². The number of aromatic nitrogens is 3. The third-order valence-electron chi connectivity index (χ3n) is 4.71. The van der Waals surface area contributed by atoms with Crippen molar-refractivity contribution < 1.29 is 4.79 Å². The number of hydrogen-bond donors (Lipinski definition) is 0. The predicted molar refractivity (Wildman–Crippen MR) is 96.7 cm³/mol. The second-order valence-electron chi connectivity index (χ2n) is 6.34. The van der Waals surface area contributed by atoms with Crippen molar-refractivity contribution in [2.24, 2.45) is 0 Å². The summed E-state index contributed by atoms with van der Waals surface area (Å²) in [4.78, 5) is 38.2. The first kappa shape index (κ1) is 17.5. The lowest BCUT2D eigenvalue weighted by Gasteiger charge is -2.34. The summed E-state index contributed by atoms with van der Waals surface area (Å²) in [6.07, 6.45) is 3.98. The van der Waals surface area contributed by atoms with Crippen LogP contribution in [0, 0.1) is 0 Å². The molecular formula is C18H25N5O2. The minimum atomic E-state index is -0.355. The minimum absolute atomic E-state index is 0.00404. The lowest BCUT2D eigenvalue weighted by Crippen LogP contribution is -2.50. The number of pyridine rings is 1. The van der Waals surface area contributed by atoms with E-state index in [0.29, 0.717) is 30.8 Å². The van der Waals surface area contributed by atoms with Crippen LogP contribution < -0.4 is 5.56 Å². The van der Waals surface area contributed by atoms with Crippen molar-refractivity contribution >= 4 is 17.1 Å². The summed E-state index contributed by atoms with van der Waals surface area (Å²) in [7, 11) is 0. The molecule has 0 aromatic carbocycles. The summed E-state index contributed by atoms with van der Waals surface area (Å²) in [6, 6.07) is 3.55. The molecule has 0 aliphatic carbocycles. The minimum Gasteiger partial charge on any atom is -0.335 e. The Morgan fingerprint density at radius 1 is 1.20 bits per heavy atom. The van der Waals surface area contributed by atoms with Gasteiger partial charge >= 0.3 is 0 Å². The van der Waals surface area contributed by atoms with Crippen molar-refractivity contribution in [3.05, 3.63) is 34.4 Å². The van der Waals surface area contributed by atoms with E-state index in [9.17, 15) is 9.59 Å². The number of piperazine rings is 1. The fourth-order valence-corrected chi connectivity index (χ4v) is 3.21. The van der Waals surface area contributed by atoms with Crippen LogP contribution in [0.15, 0.2) is 23.1 Å². The number of carbonyl (C=O) groups excluding carboxylic acids is 1. The van der Waals surface area contributed by atoms with Crippen LogP contribution in [0.2, 0.25) is 0 Å². The Labute approximate surface area is 147 Å². The summed E-state index contributed by atoms with van der Waals surface area (Å²) in [6.45, 7) is 8.56. The second kappa shape index (κ2) is 7.74. The molecule has 3 rings (SSSR count). The van der Waals surface area contributed by atoms with Crippen LogP contribution in [0.5, 0.6) is 0 Å². The van der Waals surface area contributed by atoms with E-state index in [2.05, 4.69) is 21.8 Å². The van der Waals surface area contributed by atoms with E-state index in [-0.39, 0.29) is 17.2 Å². The summed E-state index contributed by atoms with van der Waals surface area (Å²) < 4.78 is 1.52. The Morgan fingerprint density at radius 3 is 2.64 bits per heavy atom. The predicted octanol–water partition coefficient (Wildman–Crippen LogP) is 1.37. The molecule has 2 aromatic rings. The Kier molecular flexibility index (Phi) is 5.43. The molecule has 7 nitrogen and oxygen atoms in total. The van der Waals surface area contributed by atoms with Gasteiger partial charge in [-0.2, -0.15) is 0 Å². The molecule has 0 bridgehead atoms. The van der Waals surface area contributed by atoms with E-state index in [0.717, 1.165) is 19.6 Å². The van der Waals surface area contributed by atoms with Gasteiger partial charge in [-0.15, -0.1) is 0 Å². The number of nitrogens with zero attached hydrogens (tertiary/aromatic N) is 5. The van der Waals surface area contributed by atoms with Crippen molar-refractivity contribution in [2.45, 2.75) is 33.2 Å². The number of fused-ring (bicyclic) bond motifs is 1. The molecule has 1 fully saturated rings. The zero-order chi connectivity index (χ0) is 17.8. The summed E-state index contributed by atoms with van der Waals surface area (Å²) in [5, 5.41) is 0. The first-order valence-corrected chi connectivity index (χ1v) is 9.03. The van der Waals surface area contributed by atoms with Crippen molar-refractivity contribution in [1.82, 2.24) is 24.3 Å². The fraction of sp³-hybridized carbons (Fsp3) is 0.556. The molecule has 25 heavy (non-hydrogen) atoms. The maximum Gasteiger partial charge on any atom is 0.283 e. The number of unbranched alkanes of at least 4 members (excludes halogenated alkanes) is 1. The van der Waals surface area contributed by atoms with Gasteiger partial charge in [0.1, 0.15) is 5.52 Å². The highest BCUT2D eigenvalue weighted by molar-refractivity contribution is 5.93. The maximum absolute atomic E-state index is 12.9. The van der Waals surface area contributed by atoms with Gasteiger partial charge in [0, 0.05) is 38.9 Å². The maximum atomic E-state index is 12.9. The van der Waals surface area contributed by atoms with Crippen molar-refractivity contribution in [2.75, 3.05) is 32.7 Å². The Balaban J connectivity index is 1.83. The van der Waals surface area contributed by atoms with Crippen LogP contribution in [0.1, 0.15) is 37.2 Å². The molecule has 1 saturated heterocycles. The zero-order valence-corrected chi connectivity index (χ0v) is 14.9. The third-order valence-corrected chi connectivity index (χ3v) is 4.71. The highest BCUT2D eigenvalue weighted by Crippen LogP contribution is 2.10. The number of rotatable bonds is 5. The molecule has 1 aliphatic rings. The molecule has 0 unspecified atom stereocenters. The average molecular weight is 343 g/mol. The highest BCUT2D eigenvalue weighted by Gasteiger charge is 2.26. The molecule has 3 heterocycles. The molecule has 0 N–H and O–H groups in total. The Morgan fingerprint density at radius 2 is 1.96 bits per heavy atom. The average Bonchev–Trinajstić information content (AvgIpc) is 2.66. The van der Waals surface area contributed by atoms with E-state index < -0.39 is 0 Å². The summed E-state index contributed by atoms with van der Waals surface area (Å²) in [5.41, 5.74) is 0.751. The van der Waals surface area contributed by atoms with Crippen LogP contribution in [0.4, 0.5) is 0 Å². The van der Waals surface area contributed by atoms with Gasteiger partial charge in [-0.25, -0.2) is 9.97 Å². The standard InChI is InChI=1S/C18H25N5O2/c1-3-5-9-21-10-12-22(13-11-21)17(24)15-18(25)23(4-2)16-14(20-15)7-6-8-19-16/h6-8H,3-5,9-13H2,1-2H3. The fourth-order valence-electron chi connectivity index (χ4n) is 3.21. The number of carbonyl (C=O) groups is 1. The van der Waals surface area contributed by atoms with Crippen LogP contribution in [0.25, 0.3) is 11.2 Å². The van der Waals surface area contributed by atoms with Crippen LogP contribution in [0.3, 0.4) is 0 Å². The van der Waals surface area contributed by atoms with E-state index in [4.69, 9.17) is 0 Å². The van der Waals surface area contributed by atoms with Crippen molar-refractivity contribution in [1.29, 1.82) is 0 Å². The molecule has 1 aliphatic heterocycles. The second-order valence-corrected chi connectivity index (χ2v) is 6.34. The van der Waals surface area contributed by atoms with Gasteiger partial charge in [-0.1, -0.05) is 13.3 Å². The highest BCUT2D eigenvalue weighted by atomic mass is 16.2. The molecule has 7 heteroatoms. The van der Waals surface area contributed by atoms with Gasteiger partial charge in [0.2, 0.25) is 0 Å². The van der Waals surface area contributed by atoms with E-state index in [1.165, 1.54) is 17.4 Å². The Hall–Kier alpha value is -2.28. The topological polar surface area (TPSA) is 71.3 Å². The lowest BCUT2D eigenvalue weighted by atomic mass is 10.2. The van der Waals surface area contributed by atoms with Gasteiger partial charge in [0.25, 0.3) is 11.5 Å². The van der Waals surface area contributed by atoms with Crippen molar-refractivity contribution in [3.63, 3.8) is 0 Å². The largest absolute Gasteiger partial charge is 0.335 e. The summed E-state index contributed by atoms with van der Waals surface area (Å²) in [5.74, 6) is -0.270. The molecule has 0 atom stereocenters. The number of aryl methyl sites for hydroxylation is 1. The van der Waals surface area contributed by atoms with Gasteiger partial charge in [-0.05, 0) is 32.0 Å². The van der Waals surface area contributed by atoms with E-state index >= 15 is 0 Å². The smallest absolute Gasteiger partial charge is 0.283 e. The normalized spacial score (nSPS) is 15.7. The van der Waals surface area contributed by atoms with Crippen LogP contribution >= 0.6 is 0 Å². The monoisotopic (exact) mass is 343 g/mol. The lowest BCUT2D eigenvalue weighted by molar-refractivity contribution is 0.0628. The first-order valence-electron chi connectivity index (χ1n) is 9.03. The summed E-state index contributed by atoms with van der Waals surface area (Å²) >= 11 is 0. The van der Waals surface area contributed by atoms with Gasteiger partial charge in [-0.3, -0.25) is 19.1 Å². The number of amides is 1. The molecule has 1 amide bonds. The Bertz CT molecular complexity index is 809. The quantitative estimate of drug-likeness (QED) is 0.820. The molecular weight excluding hydrogens is 318 g/mol. The molecule has 2 aromatic heterocycles. The van der Waals surface area contributed by atoms with Gasteiger partial charge < -0.3 is 4.90 Å². The van der Waals surface area contributed by atoms with E-state index in [1.807, 2.05) is 6.92 Å². The van der Waals surface area contributed by atoms with Crippen LogP contribution in [-0.2, 0) is 6.54 Å². The molecule has 0 radical (unpaired) electrons. The zero-order valence-electron chi connectivity index (χ0n) is 14.9. The van der Waals surface area contributed by atoms with E-state index in [1.54, 1.807) is 23.2 Å². The third kappa shape index (κ3) is 3.56. The number of hydrogen-bond acceptors (Lipinski definition) is 5. The SMILES string of the molecule is CCCCN1CCN(C(=O)c2nc3cccnc3n(CC)c2=O)CC1. The first-order chi connectivity index (χ1) is 12.2. The molecule has 0 spiro atoms.